The summed E-state index contributed by atoms with van der Waals surface area (Å²) >= 11 is 0. The van der Waals surface area contributed by atoms with E-state index in [1.165, 1.54) is 12.1 Å². The van der Waals surface area contributed by atoms with Gasteiger partial charge in [0.25, 0.3) is 0 Å². The summed E-state index contributed by atoms with van der Waals surface area (Å²) in [6.07, 6.45) is -0.0857. The number of halogens is 3. The van der Waals surface area contributed by atoms with Crippen LogP contribution in [-0.2, 0) is 11.2 Å². The molecule has 20 heavy (non-hydrogen) atoms. The molecule has 0 unspecified atom stereocenters. The monoisotopic (exact) mass is 288 g/mol. The molecule has 0 aliphatic carbocycles. The Morgan fingerprint density at radius 1 is 1.20 bits per heavy atom. The van der Waals surface area contributed by atoms with Crippen molar-refractivity contribution in [3.05, 3.63) is 29.8 Å². The van der Waals surface area contributed by atoms with Crippen LogP contribution in [-0.4, -0.2) is 25.2 Å². The van der Waals surface area contributed by atoms with E-state index >= 15 is 0 Å². The Morgan fingerprint density at radius 2 is 1.75 bits per heavy atom. The van der Waals surface area contributed by atoms with Crippen LogP contribution in [0.25, 0.3) is 0 Å². The van der Waals surface area contributed by atoms with Crippen molar-refractivity contribution in [1.29, 1.82) is 0 Å². The van der Waals surface area contributed by atoms with Gasteiger partial charge in [0.2, 0.25) is 0 Å². The quantitative estimate of drug-likeness (QED) is 0.865. The Morgan fingerprint density at radius 3 is 2.20 bits per heavy atom. The first-order valence-corrected chi connectivity index (χ1v) is 6.33. The zero-order valence-electron chi connectivity index (χ0n) is 11.8. The lowest BCUT2D eigenvalue weighted by Gasteiger charge is -2.19. The number of ether oxygens (including phenoxy) is 1. The van der Waals surface area contributed by atoms with Crippen LogP contribution in [0.15, 0.2) is 24.3 Å². The fourth-order valence-corrected chi connectivity index (χ4v) is 1.53. The third-order valence-corrected chi connectivity index (χ3v) is 2.44. The molecular weight excluding hydrogens is 270 g/mol. The van der Waals surface area contributed by atoms with Crippen molar-refractivity contribution in [3.8, 4) is 0 Å². The number of carbonyl (C=O) groups is 1. The molecule has 0 aliphatic rings. The predicted octanol–water partition coefficient (Wildman–Crippen LogP) is 2.81. The molecule has 1 N–H and O–H groups in total. The molecular formula is C13H18BF3NO2-. The molecule has 0 aromatic heterocycles. The molecule has 1 amide bonds. The minimum absolute atomic E-state index is 0.311. The number of rotatable bonds is 4. The van der Waals surface area contributed by atoms with Crippen molar-refractivity contribution in [2.24, 2.45) is 0 Å². The summed E-state index contributed by atoms with van der Waals surface area (Å²) in [5.41, 5.74) is -0.459. The van der Waals surface area contributed by atoms with Gasteiger partial charge in [-0.3, -0.25) is 0 Å². The van der Waals surface area contributed by atoms with Gasteiger partial charge >= 0.3 is 13.1 Å². The molecule has 112 valence electrons. The Balaban J connectivity index is 2.42. The summed E-state index contributed by atoms with van der Waals surface area (Å²) in [5, 5.41) is 2.55. The second-order valence-electron chi connectivity index (χ2n) is 5.50. The first kappa shape index (κ1) is 16.4. The van der Waals surface area contributed by atoms with Crippen LogP contribution in [0, 0.1) is 0 Å². The van der Waals surface area contributed by atoms with Gasteiger partial charge in [-0.1, -0.05) is 24.3 Å². The van der Waals surface area contributed by atoms with Gasteiger partial charge in [0.05, 0.1) is 0 Å². The molecule has 1 aromatic carbocycles. The van der Waals surface area contributed by atoms with Crippen molar-refractivity contribution >= 4 is 18.5 Å². The molecule has 0 bridgehead atoms. The van der Waals surface area contributed by atoms with E-state index in [-0.39, 0.29) is 0 Å². The maximum Gasteiger partial charge on any atom is 0.509 e. The van der Waals surface area contributed by atoms with E-state index in [9.17, 15) is 17.7 Å². The van der Waals surface area contributed by atoms with Gasteiger partial charge in [0, 0.05) is 6.54 Å². The number of benzene rings is 1. The highest BCUT2D eigenvalue weighted by atomic mass is 19.4. The molecule has 7 heteroatoms. The molecule has 0 fully saturated rings. The topological polar surface area (TPSA) is 38.3 Å². The standard InChI is InChI=1S/C13H18BF3NO2/c1-13(2,3)20-12(19)18-9-8-10-4-6-11(7-5-10)14(15,16)17/h4-7H,8-9H2,1-3H3,(H,18,19)/q-1. The maximum absolute atomic E-state index is 12.4. The fourth-order valence-electron chi connectivity index (χ4n) is 1.53. The summed E-state index contributed by atoms with van der Waals surface area (Å²) in [4.78, 5) is 11.4. The van der Waals surface area contributed by atoms with Crippen LogP contribution in [0.2, 0.25) is 0 Å². The number of nitrogens with one attached hydrogen (secondary N) is 1. The van der Waals surface area contributed by atoms with Crippen molar-refractivity contribution < 1.29 is 22.5 Å². The number of alkyl carbamates (subject to hydrolysis) is 1. The third-order valence-electron chi connectivity index (χ3n) is 2.44. The van der Waals surface area contributed by atoms with Gasteiger partial charge in [-0.2, -0.15) is 0 Å². The second kappa shape index (κ2) is 6.20. The summed E-state index contributed by atoms with van der Waals surface area (Å²) in [6, 6.07) is 4.95. The van der Waals surface area contributed by atoms with Gasteiger partial charge in [-0.15, -0.1) is 5.46 Å². The minimum Gasteiger partial charge on any atom is -0.445 e. The Bertz CT molecular complexity index is 452. The number of hydrogen-bond donors (Lipinski definition) is 1. The largest absolute Gasteiger partial charge is 0.509 e. The molecule has 1 rings (SSSR count). The van der Waals surface area contributed by atoms with Crippen LogP contribution in [0.4, 0.5) is 17.7 Å². The lowest BCUT2D eigenvalue weighted by molar-refractivity contribution is 0.0528. The van der Waals surface area contributed by atoms with E-state index in [0.29, 0.717) is 13.0 Å². The first-order valence-electron chi connectivity index (χ1n) is 6.33. The zero-order chi connectivity index (χ0) is 15.4. The lowest BCUT2D eigenvalue weighted by atomic mass is 9.80. The van der Waals surface area contributed by atoms with Crippen molar-refractivity contribution in [2.45, 2.75) is 32.8 Å². The highest BCUT2D eigenvalue weighted by Gasteiger charge is 2.24. The van der Waals surface area contributed by atoms with Crippen LogP contribution >= 0.6 is 0 Å². The fraction of sp³-hybridized carbons (Fsp3) is 0.462. The lowest BCUT2D eigenvalue weighted by Crippen LogP contribution is -2.34. The van der Waals surface area contributed by atoms with Gasteiger partial charge in [0.1, 0.15) is 5.60 Å². The molecule has 0 radical (unpaired) electrons. The van der Waals surface area contributed by atoms with Gasteiger partial charge in [-0.25, -0.2) is 4.79 Å². The number of amides is 1. The van der Waals surface area contributed by atoms with Crippen molar-refractivity contribution in [1.82, 2.24) is 5.32 Å². The first-order chi connectivity index (χ1) is 9.08. The average molecular weight is 288 g/mol. The third kappa shape index (κ3) is 5.99. The molecule has 0 saturated carbocycles. The second-order valence-corrected chi connectivity index (χ2v) is 5.50. The van der Waals surface area contributed by atoms with Gasteiger partial charge in [-0.05, 0) is 32.8 Å². The van der Waals surface area contributed by atoms with Crippen LogP contribution in [0.1, 0.15) is 26.3 Å². The Labute approximate surface area is 116 Å². The summed E-state index contributed by atoms with van der Waals surface area (Å²) in [7, 11) is 0. The average Bonchev–Trinajstić information content (AvgIpc) is 2.26. The molecule has 0 atom stereocenters. The maximum atomic E-state index is 12.4. The molecule has 0 heterocycles. The number of carbonyl (C=O) groups excluding carboxylic acids is 1. The number of hydrogen-bond acceptors (Lipinski definition) is 2. The van der Waals surface area contributed by atoms with E-state index in [4.69, 9.17) is 4.74 Å². The zero-order valence-corrected chi connectivity index (χ0v) is 11.8. The molecule has 0 saturated heterocycles. The summed E-state index contributed by atoms with van der Waals surface area (Å²) in [6.45, 7) is 0.619. The SMILES string of the molecule is CC(C)(C)OC(=O)NCCc1ccc([B-](F)(F)F)cc1. The Hall–Kier alpha value is -1.66. The van der Waals surface area contributed by atoms with Crippen LogP contribution in [0.5, 0.6) is 0 Å². The highest BCUT2D eigenvalue weighted by Crippen LogP contribution is 2.10. The molecule has 0 aliphatic heterocycles. The van der Waals surface area contributed by atoms with E-state index < -0.39 is 24.1 Å². The summed E-state index contributed by atoms with van der Waals surface area (Å²) < 4.78 is 42.3. The highest BCUT2D eigenvalue weighted by molar-refractivity contribution is 6.73. The van der Waals surface area contributed by atoms with E-state index in [2.05, 4.69) is 5.32 Å². The molecule has 3 nitrogen and oxygen atoms in total. The Kier molecular flexibility index (Phi) is 5.08. The van der Waals surface area contributed by atoms with E-state index in [1.54, 1.807) is 20.8 Å². The van der Waals surface area contributed by atoms with Crippen molar-refractivity contribution in [2.75, 3.05) is 6.54 Å². The van der Waals surface area contributed by atoms with Gasteiger partial charge in [0.15, 0.2) is 0 Å². The van der Waals surface area contributed by atoms with E-state index in [0.717, 1.165) is 17.7 Å². The van der Waals surface area contributed by atoms with E-state index in [1.807, 2.05) is 0 Å². The smallest absolute Gasteiger partial charge is 0.445 e. The van der Waals surface area contributed by atoms with Gasteiger partial charge < -0.3 is 23.0 Å². The summed E-state index contributed by atoms with van der Waals surface area (Å²) in [5.74, 6) is 0. The normalized spacial score (nSPS) is 12.1. The minimum atomic E-state index is -4.95. The van der Waals surface area contributed by atoms with Crippen molar-refractivity contribution in [3.63, 3.8) is 0 Å². The van der Waals surface area contributed by atoms with Crippen LogP contribution in [0.3, 0.4) is 0 Å². The van der Waals surface area contributed by atoms with Crippen LogP contribution < -0.4 is 10.8 Å². The molecule has 0 spiro atoms. The predicted molar refractivity (Wildman–Crippen MR) is 73.1 cm³/mol. The molecule has 1 aromatic rings.